The van der Waals surface area contributed by atoms with E-state index in [1.807, 2.05) is 37.3 Å². The Kier molecular flexibility index (Phi) is 5.07. The molecule has 20 heavy (non-hydrogen) atoms. The second kappa shape index (κ2) is 7.01. The molecule has 1 amide bonds. The first-order valence-electron chi connectivity index (χ1n) is 6.55. The average molecular weight is 286 g/mol. The van der Waals surface area contributed by atoms with Crippen LogP contribution < -0.4 is 11.1 Å². The molecule has 104 valence electrons. The lowest BCUT2D eigenvalue weighted by Crippen LogP contribution is -2.22. The number of thioether (sulfide) groups is 1. The van der Waals surface area contributed by atoms with Crippen LogP contribution in [-0.4, -0.2) is 12.5 Å². The summed E-state index contributed by atoms with van der Waals surface area (Å²) >= 11 is 1.68. The summed E-state index contributed by atoms with van der Waals surface area (Å²) in [4.78, 5) is 12.7. The van der Waals surface area contributed by atoms with Gasteiger partial charge in [0.05, 0.1) is 0 Å². The van der Waals surface area contributed by atoms with Gasteiger partial charge in [0.15, 0.2) is 0 Å². The van der Waals surface area contributed by atoms with E-state index in [1.54, 1.807) is 17.8 Å². The Labute approximate surface area is 123 Å². The van der Waals surface area contributed by atoms with Gasteiger partial charge in [-0.2, -0.15) is 0 Å². The summed E-state index contributed by atoms with van der Waals surface area (Å²) in [6.45, 7) is 2.51. The Bertz CT molecular complexity index is 584. The zero-order valence-electron chi connectivity index (χ0n) is 11.4. The highest BCUT2D eigenvalue weighted by molar-refractivity contribution is 7.98. The van der Waals surface area contributed by atoms with Crippen molar-refractivity contribution in [1.82, 2.24) is 5.32 Å². The molecule has 2 aromatic carbocycles. The van der Waals surface area contributed by atoms with Crippen molar-refractivity contribution in [2.75, 3.05) is 12.3 Å². The quantitative estimate of drug-likeness (QED) is 0.655. The number of nitrogens with one attached hydrogen (secondary N) is 1. The normalized spacial score (nSPS) is 10.2. The van der Waals surface area contributed by atoms with Crippen LogP contribution in [0.3, 0.4) is 0 Å². The van der Waals surface area contributed by atoms with E-state index in [9.17, 15) is 4.79 Å². The first kappa shape index (κ1) is 14.5. The average Bonchev–Trinajstić information content (AvgIpc) is 2.47. The Hall–Kier alpha value is -1.94. The largest absolute Gasteiger partial charge is 0.398 e. The summed E-state index contributed by atoms with van der Waals surface area (Å²) in [5.41, 5.74) is 8.53. The predicted molar refractivity (Wildman–Crippen MR) is 84.9 cm³/mol. The highest BCUT2D eigenvalue weighted by Crippen LogP contribution is 2.28. The van der Waals surface area contributed by atoms with E-state index in [1.165, 1.54) is 5.56 Å². The Morgan fingerprint density at radius 2 is 1.95 bits per heavy atom. The van der Waals surface area contributed by atoms with Gasteiger partial charge in [-0.3, -0.25) is 4.79 Å². The molecule has 2 aromatic rings. The number of carbonyl (C=O) groups excluding carboxylic acids is 1. The van der Waals surface area contributed by atoms with E-state index in [0.29, 0.717) is 17.8 Å². The van der Waals surface area contributed by atoms with Crippen molar-refractivity contribution in [3.8, 4) is 0 Å². The van der Waals surface area contributed by atoms with Crippen molar-refractivity contribution in [3.05, 3.63) is 59.7 Å². The summed E-state index contributed by atoms with van der Waals surface area (Å²) in [6, 6.07) is 15.7. The minimum Gasteiger partial charge on any atom is -0.398 e. The van der Waals surface area contributed by atoms with Crippen molar-refractivity contribution in [2.24, 2.45) is 0 Å². The lowest BCUT2D eigenvalue weighted by molar-refractivity contribution is 0.0956. The van der Waals surface area contributed by atoms with E-state index in [2.05, 4.69) is 17.4 Å². The van der Waals surface area contributed by atoms with Crippen molar-refractivity contribution >= 4 is 23.4 Å². The van der Waals surface area contributed by atoms with Crippen LogP contribution in [0.15, 0.2) is 53.4 Å². The molecule has 0 spiro atoms. The number of rotatable bonds is 5. The van der Waals surface area contributed by atoms with Crippen LogP contribution in [0.1, 0.15) is 22.8 Å². The van der Waals surface area contributed by atoms with Gasteiger partial charge in [-0.05, 0) is 30.7 Å². The maximum atomic E-state index is 11.7. The molecular formula is C16H18N2OS. The van der Waals surface area contributed by atoms with Gasteiger partial charge in [-0.15, -0.1) is 11.8 Å². The minimum absolute atomic E-state index is 0.0844. The summed E-state index contributed by atoms with van der Waals surface area (Å²) in [5, 5.41) is 2.77. The Balaban J connectivity index is 2.04. The highest BCUT2D eigenvalue weighted by Gasteiger charge is 2.07. The van der Waals surface area contributed by atoms with Gasteiger partial charge >= 0.3 is 0 Å². The first-order chi connectivity index (χ1) is 9.70. The van der Waals surface area contributed by atoms with E-state index in [-0.39, 0.29) is 5.91 Å². The molecule has 4 heteroatoms. The summed E-state index contributed by atoms with van der Waals surface area (Å²) in [6.07, 6.45) is 0. The van der Waals surface area contributed by atoms with E-state index in [0.717, 1.165) is 10.6 Å². The van der Waals surface area contributed by atoms with Gasteiger partial charge in [0, 0.05) is 28.4 Å². The third-order valence-corrected chi connectivity index (χ3v) is 4.01. The zero-order chi connectivity index (χ0) is 14.4. The third-order valence-electron chi connectivity index (χ3n) is 2.85. The molecule has 3 N–H and O–H groups in total. The molecule has 0 unspecified atom stereocenters. The Morgan fingerprint density at radius 1 is 1.20 bits per heavy atom. The molecule has 2 rings (SSSR count). The van der Waals surface area contributed by atoms with Crippen LogP contribution in [0.4, 0.5) is 5.69 Å². The highest BCUT2D eigenvalue weighted by atomic mass is 32.2. The van der Waals surface area contributed by atoms with Crippen molar-refractivity contribution in [1.29, 1.82) is 0 Å². The van der Waals surface area contributed by atoms with Gasteiger partial charge in [-0.25, -0.2) is 0 Å². The Morgan fingerprint density at radius 3 is 2.60 bits per heavy atom. The summed E-state index contributed by atoms with van der Waals surface area (Å²) < 4.78 is 0. The zero-order valence-corrected chi connectivity index (χ0v) is 12.2. The van der Waals surface area contributed by atoms with E-state index < -0.39 is 0 Å². The van der Waals surface area contributed by atoms with Crippen LogP contribution >= 0.6 is 11.8 Å². The minimum atomic E-state index is -0.0844. The van der Waals surface area contributed by atoms with Crippen LogP contribution in [-0.2, 0) is 5.75 Å². The number of benzene rings is 2. The number of amides is 1. The molecule has 0 atom stereocenters. The fourth-order valence-corrected chi connectivity index (χ4v) is 2.72. The number of carbonyl (C=O) groups is 1. The molecule has 3 nitrogen and oxygen atoms in total. The van der Waals surface area contributed by atoms with Crippen LogP contribution in [0.2, 0.25) is 0 Å². The van der Waals surface area contributed by atoms with Crippen LogP contribution in [0.25, 0.3) is 0 Å². The molecule has 0 radical (unpaired) electrons. The van der Waals surface area contributed by atoms with Gasteiger partial charge < -0.3 is 11.1 Å². The second-order valence-corrected chi connectivity index (χ2v) is 5.40. The topological polar surface area (TPSA) is 55.1 Å². The standard InChI is InChI=1S/C16H18N2OS/c1-2-18-16(19)13-8-9-15(14(17)10-13)20-11-12-6-4-3-5-7-12/h3-10H,2,11,17H2,1H3,(H,18,19). The van der Waals surface area contributed by atoms with Crippen molar-refractivity contribution in [3.63, 3.8) is 0 Å². The SMILES string of the molecule is CCNC(=O)c1ccc(SCc2ccccc2)c(N)c1. The molecule has 0 saturated heterocycles. The van der Waals surface area contributed by atoms with Gasteiger partial charge in [0.2, 0.25) is 0 Å². The molecule has 0 aliphatic heterocycles. The van der Waals surface area contributed by atoms with Crippen molar-refractivity contribution in [2.45, 2.75) is 17.6 Å². The van der Waals surface area contributed by atoms with E-state index >= 15 is 0 Å². The molecule has 0 bridgehead atoms. The number of nitrogen functional groups attached to an aromatic ring is 1. The number of nitrogens with two attached hydrogens (primary N) is 1. The predicted octanol–water partition coefficient (Wildman–Crippen LogP) is 3.31. The monoisotopic (exact) mass is 286 g/mol. The van der Waals surface area contributed by atoms with Crippen molar-refractivity contribution < 1.29 is 4.79 Å². The molecule has 0 aliphatic carbocycles. The molecule has 0 aliphatic rings. The number of anilines is 1. The number of hydrogen-bond acceptors (Lipinski definition) is 3. The molecular weight excluding hydrogens is 268 g/mol. The first-order valence-corrected chi connectivity index (χ1v) is 7.53. The summed E-state index contributed by atoms with van der Waals surface area (Å²) in [5.74, 6) is 0.782. The molecule has 0 heterocycles. The van der Waals surface area contributed by atoms with Gasteiger partial charge in [-0.1, -0.05) is 30.3 Å². The summed E-state index contributed by atoms with van der Waals surface area (Å²) in [7, 11) is 0. The van der Waals surface area contributed by atoms with Crippen LogP contribution in [0.5, 0.6) is 0 Å². The maximum Gasteiger partial charge on any atom is 0.251 e. The van der Waals surface area contributed by atoms with Gasteiger partial charge in [0.1, 0.15) is 0 Å². The lowest BCUT2D eigenvalue weighted by Gasteiger charge is -2.08. The maximum absolute atomic E-state index is 11.7. The fourth-order valence-electron chi connectivity index (χ4n) is 1.82. The van der Waals surface area contributed by atoms with Crippen LogP contribution in [0, 0.1) is 0 Å². The third kappa shape index (κ3) is 3.78. The van der Waals surface area contributed by atoms with E-state index in [4.69, 9.17) is 5.73 Å². The molecule has 0 fully saturated rings. The lowest BCUT2D eigenvalue weighted by atomic mass is 10.2. The second-order valence-electron chi connectivity index (χ2n) is 4.39. The van der Waals surface area contributed by atoms with Gasteiger partial charge in [0.25, 0.3) is 5.91 Å². The number of hydrogen-bond donors (Lipinski definition) is 2. The fraction of sp³-hybridized carbons (Fsp3) is 0.188. The smallest absolute Gasteiger partial charge is 0.251 e. The molecule has 0 saturated carbocycles. The molecule has 0 aromatic heterocycles.